The van der Waals surface area contributed by atoms with Crippen molar-refractivity contribution in [2.24, 2.45) is 0 Å². The van der Waals surface area contributed by atoms with Gasteiger partial charge in [0, 0.05) is 5.92 Å². The molecule has 0 radical (unpaired) electrons. The van der Waals surface area contributed by atoms with Crippen LogP contribution < -0.4 is 14.8 Å². The summed E-state index contributed by atoms with van der Waals surface area (Å²) >= 11 is 1.37. The number of anilines is 1. The van der Waals surface area contributed by atoms with Crippen molar-refractivity contribution in [3.8, 4) is 11.5 Å². The van der Waals surface area contributed by atoms with Crippen molar-refractivity contribution >= 4 is 22.4 Å². The molecule has 1 amide bonds. The molecule has 7 heteroatoms. The fourth-order valence-electron chi connectivity index (χ4n) is 1.49. The standard InChI is InChI=1S/C14H17N3O3S/c1-9(2)13-16-17-14(21-13)15-12(18)8-20-11-6-4-10(19-3)5-7-11/h4-7,9H,8H2,1-3H3,(H,15,17,18). The summed E-state index contributed by atoms with van der Waals surface area (Å²) in [5.41, 5.74) is 0. The second-order valence-electron chi connectivity index (χ2n) is 4.61. The Labute approximate surface area is 127 Å². The maximum absolute atomic E-state index is 11.8. The highest BCUT2D eigenvalue weighted by Gasteiger charge is 2.10. The Bertz CT molecular complexity index is 596. The summed E-state index contributed by atoms with van der Waals surface area (Å²) in [5.74, 6) is 1.37. The van der Waals surface area contributed by atoms with Gasteiger partial charge in [-0.2, -0.15) is 0 Å². The first-order chi connectivity index (χ1) is 10.1. The molecule has 1 aromatic heterocycles. The summed E-state index contributed by atoms with van der Waals surface area (Å²) in [6, 6.07) is 7.03. The van der Waals surface area contributed by atoms with E-state index >= 15 is 0 Å². The van der Waals surface area contributed by atoms with Crippen molar-refractivity contribution < 1.29 is 14.3 Å². The average Bonchev–Trinajstić information content (AvgIpc) is 2.94. The zero-order chi connectivity index (χ0) is 15.2. The second-order valence-corrected chi connectivity index (χ2v) is 5.62. The maximum Gasteiger partial charge on any atom is 0.264 e. The minimum Gasteiger partial charge on any atom is -0.497 e. The number of carbonyl (C=O) groups is 1. The number of rotatable bonds is 6. The lowest BCUT2D eigenvalue weighted by atomic mass is 10.2. The summed E-state index contributed by atoms with van der Waals surface area (Å²) in [5, 5.41) is 12.0. The van der Waals surface area contributed by atoms with Crippen LogP contribution in [0, 0.1) is 0 Å². The molecule has 0 saturated heterocycles. The quantitative estimate of drug-likeness (QED) is 0.888. The van der Waals surface area contributed by atoms with Crippen LogP contribution in [0.5, 0.6) is 11.5 Å². The molecule has 0 unspecified atom stereocenters. The van der Waals surface area contributed by atoms with E-state index in [0.29, 0.717) is 16.8 Å². The first-order valence-corrected chi connectivity index (χ1v) is 7.30. The zero-order valence-corrected chi connectivity index (χ0v) is 12.9. The lowest BCUT2D eigenvalue weighted by Crippen LogP contribution is -2.20. The van der Waals surface area contributed by atoms with Gasteiger partial charge in [-0.15, -0.1) is 10.2 Å². The molecule has 1 N–H and O–H groups in total. The molecule has 0 atom stereocenters. The molecular formula is C14H17N3O3S. The molecule has 1 heterocycles. The molecule has 6 nitrogen and oxygen atoms in total. The first-order valence-electron chi connectivity index (χ1n) is 6.48. The fourth-order valence-corrected chi connectivity index (χ4v) is 2.26. The molecule has 2 rings (SSSR count). The van der Waals surface area contributed by atoms with Crippen LogP contribution in [0.4, 0.5) is 5.13 Å². The molecule has 0 saturated carbocycles. The molecular weight excluding hydrogens is 290 g/mol. The molecule has 0 aliphatic carbocycles. The number of aromatic nitrogens is 2. The second kappa shape index (κ2) is 7.03. The van der Waals surface area contributed by atoms with E-state index in [9.17, 15) is 4.79 Å². The maximum atomic E-state index is 11.8. The minimum atomic E-state index is -0.266. The van der Waals surface area contributed by atoms with Crippen molar-refractivity contribution in [2.75, 3.05) is 19.0 Å². The summed E-state index contributed by atoms with van der Waals surface area (Å²) in [6.07, 6.45) is 0. The van der Waals surface area contributed by atoms with E-state index in [1.165, 1.54) is 11.3 Å². The van der Waals surface area contributed by atoms with E-state index in [4.69, 9.17) is 9.47 Å². The summed E-state index contributed by atoms with van der Waals surface area (Å²) in [6.45, 7) is 3.97. The lowest BCUT2D eigenvalue weighted by Gasteiger charge is -2.06. The lowest BCUT2D eigenvalue weighted by molar-refractivity contribution is -0.118. The van der Waals surface area contributed by atoms with Crippen LogP contribution in [-0.2, 0) is 4.79 Å². The number of ether oxygens (including phenoxy) is 2. The number of nitrogens with zero attached hydrogens (tertiary/aromatic N) is 2. The molecule has 0 spiro atoms. The normalized spacial score (nSPS) is 10.5. The summed E-state index contributed by atoms with van der Waals surface area (Å²) < 4.78 is 10.4. The number of benzene rings is 1. The van der Waals surface area contributed by atoms with Crippen LogP contribution in [0.1, 0.15) is 24.8 Å². The predicted octanol–water partition coefficient (Wildman–Crippen LogP) is 2.69. The predicted molar refractivity (Wildman–Crippen MR) is 81.1 cm³/mol. The third kappa shape index (κ3) is 4.42. The van der Waals surface area contributed by atoms with Gasteiger partial charge in [0.1, 0.15) is 16.5 Å². The number of methoxy groups -OCH3 is 1. The van der Waals surface area contributed by atoms with E-state index < -0.39 is 0 Å². The number of carbonyl (C=O) groups excluding carboxylic acids is 1. The van der Waals surface area contributed by atoms with Gasteiger partial charge in [0.25, 0.3) is 5.91 Å². The van der Waals surface area contributed by atoms with Gasteiger partial charge in [-0.3, -0.25) is 10.1 Å². The fraction of sp³-hybridized carbons (Fsp3) is 0.357. The third-order valence-electron chi connectivity index (χ3n) is 2.61. The first kappa shape index (κ1) is 15.2. The van der Waals surface area contributed by atoms with E-state index in [1.807, 2.05) is 13.8 Å². The van der Waals surface area contributed by atoms with Crippen LogP contribution in [-0.4, -0.2) is 29.8 Å². The highest BCUT2D eigenvalue weighted by atomic mass is 32.1. The monoisotopic (exact) mass is 307 g/mol. The zero-order valence-electron chi connectivity index (χ0n) is 12.1. The van der Waals surface area contributed by atoms with Crippen LogP contribution in [0.25, 0.3) is 0 Å². The molecule has 0 aliphatic heterocycles. The van der Waals surface area contributed by atoms with Gasteiger partial charge in [-0.1, -0.05) is 25.2 Å². The summed E-state index contributed by atoms with van der Waals surface area (Å²) in [4.78, 5) is 11.8. The van der Waals surface area contributed by atoms with Crippen LogP contribution in [0.3, 0.4) is 0 Å². The molecule has 112 valence electrons. The van der Waals surface area contributed by atoms with Gasteiger partial charge < -0.3 is 9.47 Å². The third-order valence-corrected chi connectivity index (χ3v) is 3.75. The number of amides is 1. The average molecular weight is 307 g/mol. The van der Waals surface area contributed by atoms with E-state index in [1.54, 1.807) is 31.4 Å². The van der Waals surface area contributed by atoms with E-state index in [0.717, 1.165) is 10.8 Å². The van der Waals surface area contributed by atoms with Gasteiger partial charge in [-0.25, -0.2) is 0 Å². The Balaban J connectivity index is 1.83. The van der Waals surface area contributed by atoms with Crippen LogP contribution >= 0.6 is 11.3 Å². The van der Waals surface area contributed by atoms with Crippen molar-refractivity contribution in [3.05, 3.63) is 29.3 Å². The Morgan fingerprint density at radius 1 is 1.24 bits per heavy atom. The highest BCUT2D eigenvalue weighted by molar-refractivity contribution is 7.15. The largest absolute Gasteiger partial charge is 0.497 e. The smallest absolute Gasteiger partial charge is 0.264 e. The van der Waals surface area contributed by atoms with Crippen LogP contribution in [0.15, 0.2) is 24.3 Å². The minimum absolute atomic E-state index is 0.0804. The Hall–Kier alpha value is -2.15. The van der Waals surface area contributed by atoms with Crippen molar-refractivity contribution in [1.82, 2.24) is 10.2 Å². The molecule has 1 aromatic carbocycles. The number of nitrogens with one attached hydrogen (secondary N) is 1. The molecule has 0 aliphatic rings. The van der Waals surface area contributed by atoms with Gasteiger partial charge >= 0.3 is 0 Å². The van der Waals surface area contributed by atoms with Gasteiger partial charge in [-0.05, 0) is 24.3 Å². The molecule has 0 bridgehead atoms. The molecule has 21 heavy (non-hydrogen) atoms. The van der Waals surface area contributed by atoms with Crippen molar-refractivity contribution in [2.45, 2.75) is 19.8 Å². The SMILES string of the molecule is COc1ccc(OCC(=O)Nc2nnc(C(C)C)s2)cc1. The van der Waals surface area contributed by atoms with Gasteiger partial charge in [0.15, 0.2) is 6.61 Å². The highest BCUT2D eigenvalue weighted by Crippen LogP contribution is 2.22. The Morgan fingerprint density at radius 2 is 1.90 bits per heavy atom. The molecule has 0 fully saturated rings. The number of hydrogen-bond donors (Lipinski definition) is 1. The topological polar surface area (TPSA) is 73.3 Å². The van der Waals surface area contributed by atoms with E-state index in [-0.39, 0.29) is 12.5 Å². The van der Waals surface area contributed by atoms with Gasteiger partial charge in [0.2, 0.25) is 5.13 Å². The van der Waals surface area contributed by atoms with Crippen LogP contribution in [0.2, 0.25) is 0 Å². The Kier molecular flexibility index (Phi) is 5.10. The van der Waals surface area contributed by atoms with Crippen molar-refractivity contribution in [3.63, 3.8) is 0 Å². The molecule has 2 aromatic rings. The number of hydrogen-bond acceptors (Lipinski definition) is 6. The van der Waals surface area contributed by atoms with E-state index in [2.05, 4.69) is 15.5 Å². The summed E-state index contributed by atoms with van der Waals surface area (Å²) in [7, 11) is 1.59. The Morgan fingerprint density at radius 3 is 2.48 bits per heavy atom. The van der Waals surface area contributed by atoms with Crippen molar-refractivity contribution in [1.29, 1.82) is 0 Å². The van der Waals surface area contributed by atoms with Gasteiger partial charge in [0.05, 0.1) is 7.11 Å².